The molecule has 0 bridgehead atoms. The van der Waals surface area contributed by atoms with Gasteiger partial charge in [-0.1, -0.05) is 148 Å². The first-order valence-electron chi connectivity index (χ1n) is 16.8. The number of nitrogens with zero attached hydrogens (tertiary/aromatic N) is 2. The van der Waals surface area contributed by atoms with Crippen molar-refractivity contribution in [2.24, 2.45) is 0 Å². The Labute approximate surface area is 230 Å². The van der Waals surface area contributed by atoms with E-state index >= 15 is 0 Å². The standard InChI is InChI=1S/C34H70N2/c1-6-10-13-16-19-22-25-29-35(28-24-21-18-15-12-8-3)31-32-36(33-34(5)27-9-4)30-26-23-20-17-14-11-7-2/h27H,6-26,28-33H2,1-5H3/b34-27-. The van der Waals surface area contributed by atoms with Crippen LogP contribution in [0.4, 0.5) is 0 Å². The summed E-state index contributed by atoms with van der Waals surface area (Å²) in [5.41, 5.74) is 1.56. The Hall–Kier alpha value is -0.340. The summed E-state index contributed by atoms with van der Waals surface area (Å²) in [4.78, 5) is 5.59. The molecule has 2 heteroatoms. The Bertz CT molecular complexity index is 444. The first kappa shape index (κ1) is 35.7. The molecule has 0 aliphatic rings. The first-order valence-corrected chi connectivity index (χ1v) is 16.8. The van der Waals surface area contributed by atoms with Gasteiger partial charge in [-0.2, -0.15) is 0 Å². The molecule has 36 heavy (non-hydrogen) atoms. The van der Waals surface area contributed by atoms with Crippen LogP contribution >= 0.6 is 0 Å². The van der Waals surface area contributed by atoms with E-state index in [4.69, 9.17) is 0 Å². The van der Waals surface area contributed by atoms with Crippen molar-refractivity contribution in [3.8, 4) is 0 Å². The van der Waals surface area contributed by atoms with Gasteiger partial charge in [0.05, 0.1) is 0 Å². The highest BCUT2D eigenvalue weighted by atomic mass is 15.2. The maximum Gasteiger partial charge on any atom is 0.0190 e. The van der Waals surface area contributed by atoms with Gasteiger partial charge in [0.25, 0.3) is 0 Å². The van der Waals surface area contributed by atoms with Crippen molar-refractivity contribution >= 4 is 0 Å². The van der Waals surface area contributed by atoms with Crippen LogP contribution in [0.5, 0.6) is 0 Å². The molecular formula is C34H70N2. The zero-order valence-electron chi connectivity index (χ0n) is 26.1. The van der Waals surface area contributed by atoms with Crippen molar-refractivity contribution in [2.45, 2.75) is 169 Å². The number of hydrogen-bond donors (Lipinski definition) is 0. The molecule has 2 nitrogen and oxygen atoms in total. The molecule has 216 valence electrons. The van der Waals surface area contributed by atoms with E-state index in [0.717, 1.165) is 0 Å². The molecule has 0 rings (SSSR count). The Morgan fingerprint density at radius 2 is 0.750 bits per heavy atom. The van der Waals surface area contributed by atoms with Gasteiger partial charge in [0.15, 0.2) is 0 Å². The van der Waals surface area contributed by atoms with Crippen LogP contribution < -0.4 is 0 Å². The van der Waals surface area contributed by atoms with Gasteiger partial charge in [0.1, 0.15) is 0 Å². The fourth-order valence-electron chi connectivity index (χ4n) is 5.35. The molecule has 0 aliphatic heterocycles. The lowest BCUT2D eigenvalue weighted by atomic mass is 10.1. The van der Waals surface area contributed by atoms with Crippen LogP contribution in [0.1, 0.15) is 169 Å². The summed E-state index contributed by atoms with van der Waals surface area (Å²) < 4.78 is 0. The topological polar surface area (TPSA) is 6.48 Å². The van der Waals surface area contributed by atoms with Gasteiger partial charge in [0.2, 0.25) is 0 Å². The highest BCUT2D eigenvalue weighted by molar-refractivity contribution is 5.00. The zero-order chi connectivity index (χ0) is 26.5. The SMILES string of the molecule is CC/C=C(/C)CN(CCCCCCCCC)CCN(CCCCCCCC)CCCCCCCCC. The van der Waals surface area contributed by atoms with Crippen LogP contribution in [0, 0.1) is 0 Å². The molecule has 0 radical (unpaired) electrons. The molecular weight excluding hydrogens is 436 g/mol. The van der Waals surface area contributed by atoms with Crippen LogP contribution in [-0.2, 0) is 0 Å². The van der Waals surface area contributed by atoms with Crippen LogP contribution in [0.3, 0.4) is 0 Å². The summed E-state index contributed by atoms with van der Waals surface area (Å²) in [6.45, 7) is 19.2. The van der Waals surface area contributed by atoms with E-state index in [2.05, 4.69) is 50.5 Å². The van der Waals surface area contributed by atoms with E-state index in [-0.39, 0.29) is 0 Å². The lowest BCUT2D eigenvalue weighted by molar-refractivity contribution is 0.203. The molecule has 0 fully saturated rings. The average molecular weight is 507 g/mol. The van der Waals surface area contributed by atoms with Crippen LogP contribution in [-0.4, -0.2) is 49.1 Å². The molecule has 0 N–H and O–H groups in total. The van der Waals surface area contributed by atoms with E-state index in [0.29, 0.717) is 0 Å². The fourth-order valence-corrected chi connectivity index (χ4v) is 5.35. The minimum absolute atomic E-state index is 1.17. The first-order chi connectivity index (χ1) is 17.7. The summed E-state index contributed by atoms with van der Waals surface area (Å²) in [6.07, 6.45) is 31.8. The summed E-state index contributed by atoms with van der Waals surface area (Å²) >= 11 is 0. The second-order valence-electron chi connectivity index (χ2n) is 11.6. The van der Waals surface area contributed by atoms with Crippen molar-refractivity contribution in [2.75, 3.05) is 39.3 Å². The number of allylic oxidation sites excluding steroid dienone is 1. The molecule has 0 spiro atoms. The summed E-state index contributed by atoms with van der Waals surface area (Å²) in [7, 11) is 0. The molecule has 0 unspecified atom stereocenters. The summed E-state index contributed by atoms with van der Waals surface area (Å²) in [5, 5.41) is 0. The van der Waals surface area contributed by atoms with Gasteiger partial charge < -0.3 is 4.90 Å². The summed E-state index contributed by atoms with van der Waals surface area (Å²) in [6, 6.07) is 0. The number of hydrogen-bond acceptors (Lipinski definition) is 2. The highest BCUT2D eigenvalue weighted by Gasteiger charge is 2.10. The molecule has 0 aromatic rings. The predicted molar refractivity (Wildman–Crippen MR) is 166 cm³/mol. The Kier molecular flexibility index (Phi) is 28.9. The quantitative estimate of drug-likeness (QED) is 0.0735. The lowest BCUT2D eigenvalue weighted by Crippen LogP contribution is -2.37. The van der Waals surface area contributed by atoms with E-state index in [1.807, 2.05) is 0 Å². The molecule has 0 amide bonds. The third-order valence-electron chi connectivity index (χ3n) is 7.74. The zero-order valence-corrected chi connectivity index (χ0v) is 26.1. The van der Waals surface area contributed by atoms with E-state index in [1.165, 1.54) is 174 Å². The van der Waals surface area contributed by atoms with Crippen molar-refractivity contribution < 1.29 is 0 Å². The molecule has 0 heterocycles. The largest absolute Gasteiger partial charge is 0.302 e. The second kappa shape index (κ2) is 29.2. The molecule has 0 aromatic carbocycles. The normalized spacial score (nSPS) is 12.4. The van der Waals surface area contributed by atoms with Crippen LogP contribution in [0.25, 0.3) is 0 Å². The van der Waals surface area contributed by atoms with Gasteiger partial charge >= 0.3 is 0 Å². The molecule has 0 aromatic heterocycles. The second-order valence-corrected chi connectivity index (χ2v) is 11.6. The van der Waals surface area contributed by atoms with E-state index in [9.17, 15) is 0 Å². The Balaban J connectivity index is 4.58. The van der Waals surface area contributed by atoms with Crippen molar-refractivity contribution in [3.05, 3.63) is 11.6 Å². The molecule has 0 atom stereocenters. The minimum Gasteiger partial charge on any atom is -0.302 e. The smallest absolute Gasteiger partial charge is 0.0190 e. The Morgan fingerprint density at radius 3 is 1.14 bits per heavy atom. The number of unbranched alkanes of at least 4 members (excludes halogenated alkanes) is 17. The maximum absolute atomic E-state index is 2.82. The van der Waals surface area contributed by atoms with Crippen molar-refractivity contribution in [3.63, 3.8) is 0 Å². The fraction of sp³-hybridized carbons (Fsp3) is 0.941. The van der Waals surface area contributed by atoms with Gasteiger partial charge in [-0.25, -0.2) is 0 Å². The van der Waals surface area contributed by atoms with E-state index in [1.54, 1.807) is 5.57 Å². The minimum atomic E-state index is 1.17. The van der Waals surface area contributed by atoms with E-state index < -0.39 is 0 Å². The van der Waals surface area contributed by atoms with Gasteiger partial charge in [-0.3, -0.25) is 4.90 Å². The molecule has 0 saturated heterocycles. The van der Waals surface area contributed by atoms with Crippen molar-refractivity contribution in [1.82, 2.24) is 9.80 Å². The lowest BCUT2D eigenvalue weighted by Gasteiger charge is -2.28. The molecule has 0 aliphatic carbocycles. The third-order valence-corrected chi connectivity index (χ3v) is 7.74. The monoisotopic (exact) mass is 507 g/mol. The van der Waals surface area contributed by atoms with Gasteiger partial charge in [0, 0.05) is 19.6 Å². The average Bonchev–Trinajstić information content (AvgIpc) is 2.87. The predicted octanol–water partition coefficient (Wildman–Crippen LogP) is 10.8. The molecule has 0 saturated carbocycles. The maximum atomic E-state index is 2.82. The van der Waals surface area contributed by atoms with Crippen LogP contribution in [0.2, 0.25) is 0 Å². The third kappa shape index (κ3) is 25.3. The van der Waals surface area contributed by atoms with Crippen molar-refractivity contribution in [1.29, 1.82) is 0 Å². The highest BCUT2D eigenvalue weighted by Crippen LogP contribution is 2.12. The number of rotatable bonds is 29. The van der Waals surface area contributed by atoms with Gasteiger partial charge in [-0.15, -0.1) is 0 Å². The van der Waals surface area contributed by atoms with Gasteiger partial charge in [-0.05, 0) is 52.2 Å². The Morgan fingerprint density at radius 1 is 0.417 bits per heavy atom. The summed E-state index contributed by atoms with van der Waals surface area (Å²) in [5.74, 6) is 0. The van der Waals surface area contributed by atoms with Crippen LogP contribution in [0.15, 0.2) is 11.6 Å².